The van der Waals surface area contributed by atoms with Gasteiger partial charge < -0.3 is 25.3 Å². The number of anilines is 1. The van der Waals surface area contributed by atoms with Crippen LogP contribution in [0.15, 0.2) is 24.3 Å². The molecule has 8 nitrogen and oxygen atoms in total. The van der Waals surface area contributed by atoms with Crippen molar-refractivity contribution < 1.29 is 24.6 Å². The van der Waals surface area contributed by atoms with Crippen LogP contribution >= 0.6 is 0 Å². The Morgan fingerprint density at radius 3 is 2.25 bits per heavy atom. The van der Waals surface area contributed by atoms with E-state index < -0.39 is 11.5 Å². The number of hydrogen-bond acceptors (Lipinski definition) is 5. The lowest BCUT2D eigenvalue weighted by molar-refractivity contribution is -0.137. The fraction of sp³-hybridized carbons (Fsp3) is 0.550. The Morgan fingerprint density at radius 2 is 1.68 bits per heavy atom. The molecule has 0 unspecified atom stereocenters. The molecule has 8 heteroatoms. The number of nitrogens with zero attached hydrogens (tertiary/aromatic N) is 2. The van der Waals surface area contributed by atoms with E-state index in [1.54, 1.807) is 12.1 Å². The highest BCUT2D eigenvalue weighted by Gasteiger charge is 2.38. The predicted octanol–water partition coefficient (Wildman–Crippen LogP) is 1.33. The average Bonchev–Trinajstić information content (AvgIpc) is 3.07. The van der Waals surface area contributed by atoms with Crippen LogP contribution in [-0.2, 0) is 14.4 Å². The standard InChI is InChI=1S/C20H27N3O5/c24-16-3-1-15(2-4-16)22-11-13-23(14-12-22)18(26)6-9-20(10-7-19(27)28)8-5-17(25)21-20/h1-4,24H,5-14H2,(H,21,25)(H,27,28)/t20-/m0/s1. The van der Waals surface area contributed by atoms with Crippen LogP contribution in [0.2, 0.25) is 0 Å². The highest BCUT2D eigenvalue weighted by Crippen LogP contribution is 2.30. The molecule has 2 heterocycles. The zero-order chi connectivity index (χ0) is 20.1. The number of carbonyl (C=O) groups is 3. The molecule has 2 saturated heterocycles. The number of piperazine rings is 1. The number of phenols is 1. The zero-order valence-corrected chi connectivity index (χ0v) is 15.9. The van der Waals surface area contributed by atoms with Crippen molar-refractivity contribution >= 4 is 23.5 Å². The minimum Gasteiger partial charge on any atom is -0.508 e. The lowest BCUT2D eigenvalue weighted by Gasteiger charge is -2.37. The van der Waals surface area contributed by atoms with E-state index in [4.69, 9.17) is 5.11 Å². The summed E-state index contributed by atoms with van der Waals surface area (Å²) < 4.78 is 0. The number of amides is 2. The number of hydrogen-bond donors (Lipinski definition) is 3. The van der Waals surface area contributed by atoms with Crippen molar-refractivity contribution in [3.8, 4) is 5.75 Å². The van der Waals surface area contributed by atoms with Gasteiger partial charge >= 0.3 is 5.97 Å². The summed E-state index contributed by atoms with van der Waals surface area (Å²) in [6, 6.07) is 7.03. The number of aliphatic carboxylic acids is 1. The molecule has 2 fully saturated rings. The number of phenolic OH excluding ortho intramolecular Hbond substituents is 1. The fourth-order valence-corrected chi connectivity index (χ4v) is 4.00. The lowest BCUT2D eigenvalue weighted by atomic mass is 9.86. The zero-order valence-electron chi connectivity index (χ0n) is 15.9. The third-order valence-corrected chi connectivity index (χ3v) is 5.72. The van der Waals surface area contributed by atoms with Gasteiger partial charge in [0.05, 0.1) is 0 Å². The molecule has 3 rings (SSSR count). The Labute approximate surface area is 164 Å². The summed E-state index contributed by atoms with van der Waals surface area (Å²) in [5, 5.41) is 21.3. The van der Waals surface area contributed by atoms with E-state index in [0.29, 0.717) is 45.2 Å². The van der Waals surface area contributed by atoms with Crippen LogP contribution in [0.3, 0.4) is 0 Å². The van der Waals surface area contributed by atoms with E-state index in [2.05, 4.69) is 10.2 Å². The van der Waals surface area contributed by atoms with Gasteiger partial charge in [-0.2, -0.15) is 0 Å². The summed E-state index contributed by atoms with van der Waals surface area (Å²) in [6.07, 6.45) is 2.10. The summed E-state index contributed by atoms with van der Waals surface area (Å²) in [6.45, 7) is 2.68. The van der Waals surface area contributed by atoms with Crippen LogP contribution in [0.1, 0.15) is 38.5 Å². The van der Waals surface area contributed by atoms with Gasteiger partial charge in [-0.1, -0.05) is 0 Å². The molecule has 0 aromatic heterocycles. The first kappa shape index (κ1) is 20.0. The van der Waals surface area contributed by atoms with Crippen LogP contribution in [0.4, 0.5) is 5.69 Å². The van der Waals surface area contributed by atoms with Gasteiger partial charge in [0, 0.05) is 56.7 Å². The molecular weight excluding hydrogens is 362 g/mol. The molecule has 28 heavy (non-hydrogen) atoms. The molecule has 0 radical (unpaired) electrons. The second-order valence-corrected chi connectivity index (χ2v) is 7.61. The molecule has 0 bridgehead atoms. The monoisotopic (exact) mass is 389 g/mol. The van der Waals surface area contributed by atoms with Crippen molar-refractivity contribution in [3.63, 3.8) is 0 Å². The molecule has 1 aromatic rings. The Hall–Kier alpha value is -2.77. The first-order valence-corrected chi connectivity index (χ1v) is 9.71. The van der Waals surface area contributed by atoms with Gasteiger partial charge in [-0.25, -0.2) is 0 Å². The average molecular weight is 389 g/mol. The first-order valence-electron chi connectivity index (χ1n) is 9.71. The van der Waals surface area contributed by atoms with E-state index >= 15 is 0 Å². The topological polar surface area (TPSA) is 110 Å². The Kier molecular flexibility index (Phi) is 6.06. The third kappa shape index (κ3) is 4.94. The quantitative estimate of drug-likeness (QED) is 0.649. The van der Waals surface area contributed by atoms with Gasteiger partial charge in [-0.05, 0) is 43.5 Å². The van der Waals surface area contributed by atoms with Gasteiger partial charge in [-0.3, -0.25) is 14.4 Å². The molecule has 152 valence electrons. The lowest BCUT2D eigenvalue weighted by Crippen LogP contribution is -2.49. The molecule has 1 aromatic carbocycles. The number of nitrogens with one attached hydrogen (secondary N) is 1. The van der Waals surface area contributed by atoms with Gasteiger partial charge in [-0.15, -0.1) is 0 Å². The van der Waals surface area contributed by atoms with E-state index in [-0.39, 0.29) is 24.0 Å². The smallest absolute Gasteiger partial charge is 0.303 e. The van der Waals surface area contributed by atoms with Gasteiger partial charge in [0.15, 0.2) is 0 Å². The summed E-state index contributed by atoms with van der Waals surface area (Å²) in [4.78, 5) is 39.2. The van der Waals surface area contributed by atoms with Crippen LogP contribution in [0, 0.1) is 0 Å². The largest absolute Gasteiger partial charge is 0.508 e. The molecule has 2 aliphatic heterocycles. The van der Waals surface area contributed by atoms with Crippen LogP contribution in [-0.4, -0.2) is 64.6 Å². The number of carboxylic acids is 1. The second kappa shape index (κ2) is 8.50. The van der Waals surface area contributed by atoms with Crippen molar-refractivity contribution in [3.05, 3.63) is 24.3 Å². The molecule has 0 saturated carbocycles. The molecule has 1 atom stereocenters. The Balaban J connectivity index is 1.50. The summed E-state index contributed by atoms with van der Waals surface area (Å²) in [7, 11) is 0. The molecule has 2 amide bonds. The van der Waals surface area contributed by atoms with Gasteiger partial charge in [0.2, 0.25) is 11.8 Å². The summed E-state index contributed by atoms with van der Waals surface area (Å²) in [5.74, 6) is -0.688. The fourth-order valence-electron chi connectivity index (χ4n) is 4.00. The highest BCUT2D eigenvalue weighted by molar-refractivity contribution is 5.80. The third-order valence-electron chi connectivity index (χ3n) is 5.72. The molecule has 0 spiro atoms. The number of aromatic hydroxyl groups is 1. The summed E-state index contributed by atoms with van der Waals surface area (Å²) >= 11 is 0. The van der Waals surface area contributed by atoms with Crippen molar-refractivity contribution in [2.45, 2.75) is 44.1 Å². The number of carboxylic acid groups (broad SMARTS) is 1. The normalized spacial score (nSPS) is 22.2. The minimum absolute atomic E-state index is 0.0141. The van der Waals surface area contributed by atoms with Crippen molar-refractivity contribution in [2.75, 3.05) is 31.1 Å². The number of carbonyl (C=O) groups excluding carboxylic acids is 2. The summed E-state index contributed by atoms with van der Waals surface area (Å²) in [5.41, 5.74) is 0.449. The van der Waals surface area contributed by atoms with Crippen LogP contribution < -0.4 is 10.2 Å². The maximum atomic E-state index is 12.6. The maximum Gasteiger partial charge on any atom is 0.303 e. The number of rotatable bonds is 7. The van der Waals surface area contributed by atoms with E-state index in [1.165, 1.54) is 0 Å². The van der Waals surface area contributed by atoms with E-state index in [1.807, 2.05) is 17.0 Å². The van der Waals surface area contributed by atoms with Gasteiger partial charge in [0.25, 0.3) is 0 Å². The van der Waals surface area contributed by atoms with E-state index in [0.717, 1.165) is 18.8 Å². The maximum absolute atomic E-state index is 12.6. The molecule has 3 N–H and O–H groups in total. The number of benzene rings is 1. The van der Waals surface area contributed by atoms with E-state index in [9.17, 15) is 19.5 Å². The minimum atomic E-state index is -0.891. The Morgan fingerprint density at radius 1 is 1.04 bits per heavy atom. The van der Waals surface area contributed by atoms with Crippen molar-refractivity contribution in [1.29, 1.82) is 0 Å². The molecular formula is C20H27N3O5. The Bertz CT molecular complexity index is 728. The van der Waals surface area contributed by atoms with Crippen LogP contribution in [0.25, 0.3) is 0 Å². The second-order valence-electron chi connectivity index (χ2n) is 7.61. The highest BCUT2D eigenvalue weighted by atomic mass is 16.4. The van der Waals surface area contributed by atoms with Crippen LogP contribution in [0.5, 0.6) is 5.75 Å². The first-order chi connectivity index (χ1) is 13.4. The SMILES string of the molecule is O=C(O)CC[C@@]1(CCC(=O)N2CCN(c3ccc(O)cc3)CC2)CCC(=O)N1. The van der Waals surface area contributed by atoms with Gasteiger partial charge in [0.1, 0.15) is 5.75 Å². The predicted molar refractivity (Wildman–Crippen MR) is 103 cm³/mol. The molecule has 2 aliphatic rings. The van der Waals surface area contributed by atoms with Crippen molar-refractivity contribution in [1.82, 2.24) is 10.2 Å². The van der Waals surface area contributed by atoms with Crippen molar-refractivity contribution in [2.24, 2.45) is 0 Å². The molecule has 0 aliphatic carbocycles.